The van der Waals surface area contributed by atoms with Gasteiger partial charge in [-0.2, -0.15) is 0 Å². The lowest BCUT2D eigenvalue weighted by Crippen LogP contribution is -2.30. The lowest BCUT2D eigenvalue weighted by atomic mass is 10.1. The Balaban J connectivity index is 0.00000169. The predicted molar refractivity (Wildman–Crippen MR) is 105 cm³/mol. The van der Waals surface area contributed by atoms with Crippen molar-refractivity contribution in [3.05, 3.63) is 54.2 Å². The first-order valence-electron chi connectivity index (χ1n) is 7.83. The summed E-state index contributed by atoms with van der Waals surface area (Å²) >= 11 is 0. The molecule has 0 radical (unpaired) electrons. The van der Waals surface area contributed by atoms with Crippen molar-refractivity contribution < 1.29 is 14.7 Å². The third-order valence-corrected chi connectivity index (χ3v) is 4.31. The van der Waals surface area contributed by atoms with E-state index in [4.69, 9.17) is 5.11 Å². The van der Waals surface area contributed by atoms with Crippen LogP contribution in [0.1, 0.15) is 16.8 Å². The first kappa shape index (κ1) is 21.7. The summed E-state index contributed by atoms with van der Waals surface area (Å²) in [4.78, 5) is 31.3. The fourth-order valence-corrected chi connectivity index (χ4v) is 2.82. The first-order chi connectivity index (χ1) is 11.6. The van der Waals surface area contributed by atoms with Crippen LogP contribution in [-0.2, 0) is 4.79 Å². The molecule has 8 heteroatoms. The summed E-state index contributed by atoms with van der Waals surface area (Å²) in [5.41, 5.74) is 1.49. The molecule has 1 unspecified atom stereocenters. The highest BCUT2D eigenvalue weighted by Gasteiger charge is 2.31. The topological polar surface area (TPSA) is 73.7 Å². The standard InChI is InChI=1S/C18H19N3O3.2ClH/c1-20(15-5-3-2-4-6-15)16-8-7-13(11-19-16)17(22)21-10-9-14(12-21)18(23)24;;/h2-8,11,14H,9-10,12H2,1H3,(H,23,24);2*1H. The van der Waals surface area contributed by atoms with Crippen molar-refractivity contribution in [3.8, 4) is 0 Å². The van der Waals surface area contributed by atoms with Gasteiger partial charge in [0.05, 0.1) is 11.5 Å². The summed E-state index contributed by atoms with van der Waals surface area (Å²) in [6, 6.07) is 13.4. The number of carbonyl (C=O) groups is 2. The summed E-state index contributed by atoms with van der Waals surface area (Å²) in [6.07, 6.45) is 2.05. The number of nitrogens with zero attached hydrogens (tertiary/aromatic N) is 3. The number of hydrogen-bond donors (Lipinski definition) is 1. The van der Waals surface area contributed by atoms with Gasteiger partial charge in [0.2, 0.25) is 0 Å². The molecule has 1 aromatic carbocycles. The van der Waals surface area contributed by atoms with E-state index in [-0.39, 0.29) is 37.3 Å². The fourth-order valence-electron chi connectivity index (χ4n) is 2.82. The normalized spacial score (nSPS) is 15.6. The van der Waals surface area contributed by atoms with Gasteiger partial charge in [0.25, 0.3) is 5.91 Å². The van der Waals surface area contributed by atoms with Crippen LogP contribution >= 0.6 is 24.8 Å². The Labute approximate surface area is 164 Å². The molecule has 1 atom stereocenters. The van der Waals surface area contributed by atoms with Gasteiger partial charge >= 0.3 is 5.97 Å². The molecule has 0 spiro atoms. The lowest BCUT2D eigenvalue weighted by molar-refractivity contribution is -0.141. The minimum Gasteiger partial charge on any atom is -0.481 e. The van der Waals surface area contributed by atoms with Crippen molar-refractivity contribution in [2.24, 2.45) is 5.92 Å². The number of para-hydroxylation sites is 1. The molecule has 1 amide bonds. The molecule has 2 aromatic rings. The molecule has 26 heavy (non-hydrogen) atoms. The second-order valence-electron chi connectivity index (χ2n) is 5.87. The zero-order valence-electron chi connectivity index (χ0n) is 14.2. The third kappa shape index (κ3) is 4.65. The maximum atomic E-state index is 12.4. The fraction of sp³-hybridized carbons (Fsp3) is 0.278. The number of carboxylic acid groups (broad SMARTS) is 1. The molecule has 2 heterocycles. The molecule has 1 aromatic heterocycles. The SMILES string of the molecule is CN(c1ccccc1)c1ccc(C(=O)N2CCC(C(=O)O)C2)cn1.Cl.Cl. The van der Waals surface area contributed by atoms with Gasteiger partial charge in [-0.25, -0.2) is 4.98 Å². The summed E-state index contributed by atoms with van der Waals surface area (Å²) in [5.74, 6) is -0.739. The van der Waals surface area contributed by atoms with E-state index in [0.717, 1.165) is 11.5 Å². The molecule has 3 rings (SSSR count). The number of likely N-dealkylation sites (tertiary alicyclic amines) is 1. The largest absolute Gasteiger partial charge is 0.481 e. The Hall–Kier alpha value is -2.31. The monoisotopic (exact) mass is 397 g/mol. The van der Waals surface area contributed by atoms with Gasteiger partial charge in [-0.1, -0.05) is 18.2 Å². The summed E-state index contributed by atoms with van der Waals surface area (Å²) in [7, 11) is 1.91. The number of benzene rings is 1. The minimum atomic E-state index is -0.844. The summed E-state index contributed by atoms with van der Waals surface area (Å²) in [6.45, 7) is 0.737. The highest BCUT2D eigenvalue weighted by atomic mass is 35.5. The molecule has 1 fully saturated rings. The molecule has 0 saturated carbocycles. The van der Waals surface area contributed by atoms with E-state index in [0.29, 0.717) is 18.5 Å². The molecule has 1 aliphatic heterocycles. The van der Waals surface area contributed by atoms with Crippen LogP contribution in [0.5, 0.6) is 0 Å². The number of halogens is 2. The number of aromatic nitrogens is 1. The predicted octanol–water partition coefficient (Wildman–Crippen LogP) is 3.24. The maximum Gasteiger partial charge on any atom is 0.308 e. The smallest absolute Gasteiger partial charge is 0.308 e. The van der Waals surface area contributed by atoms with E-state index in [2.05, 4.69) is 4.98 Å². The Kier molecular flexibility index (Phi) is 7.86. The van der Waals surface area contributed by atoms with Crippen LogP contribution in [0, 0.1) is 5.92 Å². The number of anilines is 2. The number of carboxylic acids is 1. The van der Waals surface area contributed by atoms with Gasteiger partial charge in [-0.15, -0.1) is 24.8 Å². The van der Waals surface area contributed by atoms with Crippen LogP contribution in [0.4, 0.5) is 11.5 Å². The van der Waals surface area contributed by atoms with Crippen molar-refractivity contribution in [1.29, 1.82) is 0 Å². The van der Waals surface area contributed by atoms with E-state index in [1.165, 1.54) is 0 Å². The second-order valence-corrected chi connectivity index (χ2v) is 5.87. The van der Waals surface area contributed by atoms with E-state index in [1.807, 2.05) is 42.3 Å². The van der Waals surface area contributed by atoms with Crippen LogP contribution < -0.4 is 4.90 Å². The highest BCUT2D eigenvalue weighted by Crippen LogP contribution is 2.22. The molecule has 0 bridgehead atoms. The quantitative estimate of drug-likeness (QED) is 0.856. The van der Waals surface area contributed by atoms with Crippen LogP contribution in [0.25, 0.3) is 0 Å². The third-order valence-electron chi connectivity index (χ3n) is 4.31. The van der Waals surface area contributed by atoms with Gasteiger partial charge < -0.3 is 14.9 Å². The first-order valence-corrected chi connectivity index (χ1v) is 7.83. The van der Waals surface area contributed by atoms with Crippen molar-refractivity contribution in [2.75, 3.05) is 25.0 Å². The van der Waals surface area contributed by atoms with Crippen LogP contribution in [-0.4, -0.2) is 47.0 Å². The lowest BCUT2D eigenvalue weighted by Gasteiger charge is -2.19. The van der Waals surface area contributed by atoms with Crippen LogP contribution in [0.3, 0.4) is 0 Å². The van der Waals surface area contributed by atoms with Gasteiger partial charge in [0.15, 0.2) is 0 Å². The van der Waals surface area contributed by atoms with Gasteiger partial charge in [-0.3, -0.25) is 9.59 Å². The molecule has 140 valence electrons. The Morgan fingerprint density at radius 1 is 1.15 bits per heavy atom. The van der Waals surface area contributed by atoms with Crippen molar-refractivity contribution in [2.45, 2.75) is 6.42 Å². The number of aliphatic carboxylic acids is 1. The van der Waals surface area contributed by atoms with Crippen LogP contribution in [0.15, 0.2) is 48.7 Å². The summed E-state index contributed by atoms with van der Waals surface area (Å²) < 4.78 is 0. The van der Waals surface area contributed by atoms with E-state index in [9.17, 15) is 9.59 Å². The zero-order chi connectivity index (χ0) is 17.1. The highest BCUT2D eigenvalue weighted by molar-refractivity contribution is 5.94. The maximum absolute atomic E-state index is 12.4. The number of amides is 1. The Bertz CT molecular complexity index is 741. The minimum absolute atomic E-state index is 0. The van der Waals surface area contributed by atoms with E-state index >= 15 is 0 Å². The molecular formula is C18H21Cl2N3O3. The molecule has 1 aliphatic rings. The van der Waals surface area contributed by atoms with Crippen LogP contribution in [0.2, 0.25) is 0 Å². The number of rotatable bonds is 4. The van der Waals surface area contributed by atoms with E-state index < -0.39 is 11.9 Å². The molecule has 1 saturated heterocycles. The number of hydrogen-bond acceptors (Lipinski definition) is 4. The van der Waals surface area contributed by atoms with Crippen molar-refractivity contribution in [1.82, 2.24) is 9.88 Å². The average Bonchev–Trinajstić information content (AvgIpc) is 3.12. The second kappa shape index (κ2) is 9.40. The van der Waals surface area contributed by atoms with Gasteiger partial charge in [0, 0.05) is 32.0 Å². The Morgan fingerprint density at radius 3 is 2.38 bits per heavy atom. The molecule has 6 nitrogen and oxygen atoms in total. The van der Waals surface area contributed by atoms with Crippen molar-refractivity contribution in [3.63, 3.8) is 0 Å². The average molecular weight is 398 g/mol. The summed E-state index contributed by atoms with van der Waals surface area (Å²) in [5, 5.41) is 9.03. The van der Waals surface area contributed by atoms with Gasteiger partial charge in [0.1, 0.15) is 5.82 Å². The van der Waals surface area contributed by atoms with Crippen molar-refractivity contribution >= 4 is 48.2 Å². The number of pyridine rings is 1. The van der Waals surface area contributed by atoms with E-state index in [1.54, 1.807) is 23.2 Å². The van der Waals surface area contributed by atoms with Gasteiger partial charge in [-0.05, 0) is 30.7 Å². The Morgan fingerprint density at radius 2 is 1.85 bits per heavy atom. The zero-order valence-corrected chi connectivity index (χ0v) is 15.9. The number of carbonyl (C=O) groups excluding carboxylic acids is 1. The molecule has 0 aliphatic carbocycles. The molecular weight excluding hydrogens is 377 g/mol. The molecule has 1 N–H and O–H groups in total.